The molecule has 2 aromatic rings. The largest absolute Gasteiger partial charge is 0.497 e. The predicted molar refractivity (Wildman–Crippen MR) is 136 cm³/mol. The molecule has 0 radical (unpaired) electrons. The van der Waals surface area contributed by atoms with Gasteiger partial charge in [0.2, 0.25) is 0 Å². The predicted octanol–water partition coefficient (Wildman–Crippen LogP) is 6.22. The van der Waals surface area contributed by atoms with Gasteiger partial charge in [0.1, 0.15) is 5.75 Å². The number of rotatable bonds is 10. The first kappa shape index (κ1) is 26.2. The van der Waals surface area contributed by atoms with E-state index in [2.05, 4.69) is 39.2 Å². The molecular formula is C26H36ClNO3Si. The van der Waals surface area contributed by atoms with Crippen LogP contribution in [0.5, 0.6) is 5.75 Å². The lowest BCUT2D eigenvalue weighted by Crippen LogP contribution is -2.52. The Morgan fingerprint density at radius 3 is 2.25 bits per heavy atom. The fourth-order valence-corrected chi connectivity index (χ4v) is 4.44. The summed E-state index contributed by atoms with van der Waals surface area (Å²) >= 11 is 5.97. The molecule has 0 heterocycles. The average molecular weight is 474 g/mol. The lowest BCUT2D eigenvalue weighted by Gasteiger charge is -2.41. The number of halogens is 1. The lowest BCUT2D eigenvalue weighted by atomic mass is 10.00. The number of hydrogen-bond acceptors (Lipinski definition) is 3. The first-order valence-electron chi connectivity index (χ1n) is 11.0. The van der Waals surface area contributed by atoms with Crippen LogP contribution < -0.4 is 10.1 Å². The molecule has 2 aromatic carbocycles. The Hall–Kier alpha value is -2.08. The van der Waals surface area contributed by atoms with Gasteiger partial charge in [-0.1, -0.05) is 63.3 Å². The second-order valence-electron chi connectivity index (χ2n) is 9.42. The van der Waals surface area contributed by atoms with E-state index in [9.17, 15) is 4.79 Å². The molecule has 0 aliphatic rings. The van der Waals surface area contributed by atoms with Gasteiger partial charge in [0.25, 0.3) is 5.91 Å². The van der Waals surface area contributed by atoms with Crippen LogP contribution in [0.2, 0.25) is 18.1 Å². The summed E-state index contributed by atoms with van der Waals surface area (Å²) in [6.45, 7) is 11.1. The maximum absolute atomic E-state index is 13.1. The molecule has 2 rings (SSSR count). The molecular weight excluding hydrogens is 438 g/mol. The van der Waals surface area contributed by atoms with Crippen molar-refractivity contribution in [1.82, 2.24) is 5.32 Å². The van der Waals surface area contributed by atoms with Gasteiger partial charge in [0.05, 0.1) is 19.3 Å². The fourth-order valence-electron chi connectivity index (χ4n) is 3.06. The molecule has 0 unspecified atom stereocenters. The highest BCUT2D eigenvalue weighted by Gasteiger charge is 2.40. The number of carbonyl (C=O) groups excluding carboxylic acids is 1. The monoisotopic (exact) mass is 473 g/mol. The van der Waals surface area contributed by atoms with Gasteiger partial charge in [0.15, 0.2) is 8.32 Å². The van der Waals surface area contributed by atoms with Crippen molar-refractivity contribution in [1.29, 1.82) is 0 Å². The van der Waals surface area contributed by atoms with E-state index in [0.29, 0.717) is 17.9 Å². The molecule has 0 saturated heterocycles. The van der Waals surface area contributed by atoms with Crippen molar-refractivity contribution in [3.8, 4) is 5.75 Å². The first-order valence-corrected chi connectivity index (χ1v) is 14.4. The molecule has 0 bridgehead atoms. The lowest BCUT2D eigenvalue weighted by molar-refractivity contribution is 0.0890. The van der Waals surface area contributed by atoms with E-state index < -0.39 is 8.32 Å². The molecule has 32 heavy (non-hydrogen) atoms. The van der Waals surface area contributed by atoms with Crippen LogP contribution in [0, 0.1) is 0 Å². The van der Waals surface area contributed by atoms with Crippen LogP contribution in [0.3, 0.4) is 0 Å². The number of ether oxygens (including phenoxy) is 1. The molecule has 0 spiro atoms. The normalized spacial score (nSPS) is 14.2. The summed E-state index contributed by atoms with van der Waals surface area (Å²) in [7, 11) is -0.458. The van der Waals surface area contributed by atoms with Gasteiger partial charge < -0.3 is 14.5 Å². The number of amides is 1. The number of benzene rings is 2. The number of methoxy groups -OCH3 is 1. The quantitative estimate of drug-likeness (QED) is 0.253. The van der Waals surface area contributed by atoms with Gasteiger partial charge in [0, 0.05) is 11.4 Å². The second-order valence-corrected chi connectivity index (χ2v) is 14.5. The Labute approximate surface area is 199 Å². The summed E-state index contributed by atoms with van der Waals surface area (Å²) in [5, 5.41) is 3.26. The van der Waals surface area contributed by atoms with Crippen LogP contribution in [0.1, 0.15) is 36.7 Å². The van der Waals surface area contributed by atoms with Crippen LogP contribution in [-0.2, 0) is 10.8 Å². The smallest absolute Gasteiger partial charge is 0.251 e. The van der Waals surface area contributed by atoms with Crippen LogP contribution in [0.15, 0.2) is 66.7 Å². The van der Waals surface area contributed by atoms with Crippen molar-refractivity contribution in [2.75, 3.05) is 13.0 Å². The van der Waals surface area contributed by atoms with Crippen molar-refractivity contribution in [2.45, 2.75) is 57.5 Å². The van der Waals surface area contributed by atoms with E-state index in [1.54, 1.807) is 7.11 Å². The Morgan fingerprint density at radius 2 is 1.72 bits per heavy atom. The minimum Gasteiger partial charge on any atom is -0.497 e. The summed E-state index contributed by atoms with van der Waals surface area (Å²) in [6, 6.07) is 16.9. The van der Waals surface area contributed by atoms with E-state index in [0.717, 1.165) is 11.3 Å². The number of nitrogens with one attached hydrogen (secondary N) is 1. The van der Waals surface area contributed by atoms with Gasteiger partial charge in [-0.05, 0) is 54.4 Å². The van der Waals surface area contributed by atoms with Crippen molar-refractivity contribution < 1.29 is 14.0 Å². The van der Waals surface area contributed by atoms with Crippen LogP contribution >= 0.6 is 11.6 Å². The zero-order chi connectivity index (χ0) is 23.8. The summed E-state index contributed by atoms with van der Waals surface area (Å²) in [6.07, 6.45) is 4.21. The van der Waals surface area contributed by atoms with Crippen LogP contribution in [-0.4, -0.2) is 39.4 Å². The highest BCUT2D eigenvalue weighted by molar-refractivity contribution is 6.74. The third kappa shape index (κ3) is 7.50. The Morgan fingerprint density at radius 1 is 1.09 bits per heavy atom. The molecule has 0 aliphatic carbocycles. The molecule has 0 fully saturated rings. The van der Waals surface area contributed by atoms with Gasteiger partial charge >= 0.3 is 0 Å². The zero-order valence-corrected chi connectivity index (χ0v) is 21.8. The number of alkyl halides is 1. The summed E-state index contributed by atoms with van der Waals surface area (Å²) in [5.41, 5.74) is 1.71. The van der Waals surface area contributed by atoms with E-state index >= 15 is 0 Å². The minimum absolute atomic E-state index is 0.0359. The SMILES string of the molecule is COc1ccc(C[C@@H](NC(=O)c2ccccc2)[C@@H](/C=C/CCl)O[Si](C)(C)C(C)(C)C)cc1. The van der Waals surface area contributed by atoms with E-state index in [-0.39, 0.29) is 23.1 Å². The van der Waals surface area contributed by atoms with E-state index in [4.69, 9.17) is 20.8 Å². The summed E-state index contributed by atoms with van der Waals surface area (Å²) in [4.78, 5) is 13.1. The van der Waals surface area contributed by atoms with E-state index in [1.165, 1.54) is 0 Å². The van der Waals surface area contributed by atoms with Gasteiger partial charge in [-0.15, -0.1) is 11.6 Å². The zero-order valence-electron chi connectivity index (χ0n) is 20.0. The van der Waals surface area contributed by atoms with Crippen LogP contribution in [0.25, 0.3) is 0 Å². The fraction of sp³-hybridized carbons (Fsp3) is 0.423. The maximum atomic E-state index is 13.1. The molecule has 6 heteroatoms. The van der Waals surface area contributed by atoms with Crippen molar-refractivity contribution in [3.63, 3.8) is 0 Å². The molecule has 1 N–H and O–H groups in total. The van der Waals surface area contributed by atoms with Gasteiger partial charge in [-0.3, -0.25) is 4.79 Å². The molecule has 4 nitrogen and oxygen atoms in total. The molecule has 2 atom stereocenters. The first-order chi connectivity index (χ1) is 15.1. The van der Waals surface area contributed by atoms with Crippen molar-refractivity contribution >= 4 is 25.8 Å². The van der Waals surface area contributed by atoms with Crippen LogP contribution in [0.4, 0.5) is 0 Å². The highest BCUT2D eigenvalue weighted by Crippen LogP contribution is 2.38. The molecule has 0 saturated carbocycles. The van der Waals surface area contributed by atoms with Crippen molar-refractivity contribution in [2.24, 2.45) is 0 Å². The van der Waals surface area contributed by atoms with Gasteiger partial charge in [-0.25, -0.2) is 0 Å². The maximum Gasteiger partial charge on any atom is 0.251 e. The Bertz CT molecular complexity index is 876. The summed E-state index contributed by atoms with van der Waals surface area (Å²) < 4.78 is 12.1. The molecule has 0 aliphatic heterocycles. The third-order valence-corrected chi connectivity index (χ3v) is 10.7. The summed E-state index contributed by atoms with van der Waals surface area (Å²) in [5.74, 6) is 1.07. The molecule has 1 amide bonds. The topological polar surface area (TPSA) is 47.6 Å². The molecule has 0 aromatic heterocycles. The highest BCUT2D eigenvalue weighted by atomic mass is 35.5. The molecule has 174 valence electrons. The number of hydrogen-bond donors (Lipinski definition) is 1. The number of allylic oxidation sites excluding steroid dienone is 1. The van der Waals surface area contributed by atoms with E-state index in [1.807, 2.05) is 66.7 Å². The standard InChI is InChI=1S/C26H36ClNO3Si/c1-26(2,3)32(5,6)31-24(13-10-18-27)23(19-20-14-16-22(30-4)17-15-20)28-25(29)21-11-8-7-9-12-21/h7-17,23-24H,18-19H2,1-6H3,(H,28,29)/b13-10+/t23-,24-/m1/s1. The third-order valence-electron chi connectivity index (χ3n) is 6.02. The Balaban J connectivity index is 2.38. The Kier molecular flexibility index (Phi) is 9.56. The van der Waals surface area contributed by atoms with Gasteiger partial charge in [-0.2, -0.15) is 0 Å². The average Bonchev–Trinajstić information content (AvgIpc) is 2.76. The number of carbonyl (C=O) groups is 1. The minimum atomic E-state index is -2.11. The second kappa shape index (κ2) is 11.7. The van der Waals surface area contributed by atoms with Crippen molar-refractivity contribution in [3.05, 3.63) is 77.9 Å².